The van der Waals surface area contributed by atoms with Crippen LogP contribution in [0.25, 0.3) is 21.9 Å². The van der Waals surface area contributed by atoms with Crippen molar-refractivity contribution in [2.75, 3.05) is 0 Å². The fourth-order valence-electron chi connectivity index (χ4n) is 2.66. The highest BCUT2D eigenvalue weighted by atomic mass is 15.3. The summed E-state index contributed by atoms with van der Waals surface area (Å²) < 4.78 is 1.77. The normalized spacial score (nSPS) is 12.1. The number of benzene rings is 1. The molecule has 0 unspecified atom stereocenters. The lowest BCUT2D eigenvalue weighted by molar-refractivity contribution is 0.497. The number of nitrogens with zero attached hydrogens (tertiary/aromatic N) is 6. The maximum Gasteiger partial charge on any atom is 0.190 e. The summed E-state index contributed by atoms with van der Waals surface area (Å²) in [6.07, 6.45) is 1.89. The Morgan fingerprint density at radius 2 is 1.50 bits per heavy atom. The Labute approximate surface area is 166 Å². The van der Waals surface area contributed by atoms with E-state index in [2.05, 4.69) is 51.5 Å². The highest BCUT2D eigenvalue weighted by molar-refractivity contribution is 5.67. The molecule has 6 heteroatoms. The van der Waals surface area contributed by atoms with E-state index in [4.69, 9.17) is 21.5 Å². The average molecular weight is 374 g/mol. The van der Waals surface area contributed by atoms with Gasteiger partial charge in [0.2, 0.25) is 0 Å². The molecule has 0 radical (unpaired) electrons. The number of aryl methyl sites for hydroxylation is 1. The molecule has 0 amide bonds. The van der Waals surface area contributed by atoms with E-state index in [1.165, 1.54) is 0 Å². The standard InChI is InChI=1S/C22H26N6/c1-14-9-10-28(27-14)17-12-15(11-16(13-17)23-8)18-24-19(21(2,3)4)26-20(25-18)22(5,6)7/h9-13H,1-7H3. The Hall–Kier alpha value is -3.07. The Kier molecular flexibility index (Phi) is 4.80. The zero-order chi connectivity index (χ0) is 20.7. The molecule has 0 N–H and O–H groups in total. The average Bonchev–Trinajstić information content (AvgIpc) is 3.06. The van der Waals surface area contributed by atoms with Crippen LogP contribution in [-0.2, 0) is 10.8 Å². The first-order chi connectivity index (χ1) is 13.0. The van der Waals surface area contributed by atoms with Crippen molar-refractivity contribution in [2.24, 2.45) is 0 Å². The zero-order valence-electron chi connectivity index (χ0n) is 17.6. The first-order valence-corrected chi connectivity index (χ1v) is 9.30. The van der Waals surface area contributed by atoms with Crippen LogP contribution < -0.4 is 0 Å². The van der Waals surface area contributed by atoms with Gasteiger partial charge in [0.05, 0.1) is 18.0 Å². The van der Waals surface area contributed by atoms with Crippen LogP contribution in [0.3, 0.4) is 0 Å². The van der Waals surface area contributed by atoms with Gasteiger partial charge in [-0.25, -0.2) is 24.5 Å². The van der Waals surface area contributed by atoms with Crippen molar-refractivity contribution in [1.29, 1.82) is 0 Å². The van der Waals surface area contributed by atoms with E-state index >= 15 is 0 Å². The maximum atomic E-state index is 7.49. The fourth-order valence-corrected chi connectivity index (χ4v) is 2.66. The molecule has 0 atom stereocenters. The van der Waals surface area contributed by atoms with Crippen LogP contribution in [0.5, 0.6) is 0 Å². The summed E-state index contributed by atoms with van der Waals surface area (Å²) in [4.78, 5) is 17.9. The van der Waals surface area contributed by atoms with Crippen molar-refractivity contribution >= 4 is 5.69 Å². The molecule has 3 aromatic rings. The Morgan fingerprint density at radius 1 is 0.893 bits per heavy atom. The zero-order valence-corrected chi connectivity index (χ0v) is 17.6. The lowest BCUT2D eigenvalue weighted by Crippen LogP contribution is -2.24. The molecule has 0 aliphatic carbocycles. The third kappa shape index (κ3) is 4.09. The number of rotatable bonds is 2. The van der Waals surface area contributed by atoms with Gasteiger partial charge in [-0.05, 0) is 31.2 Å². The van der Waals surface area contributed by atoms with Gasteiger partial charge in [0.15, 0.2) is 11.5 Å². The summed E-state index contributed by atoms with van der Waals surface area (Å²) in [5.74, 6) is 2.07. The first-order valence-electron chi connectivity index (χ1n) is 9.30. The van der Waals surface area contributed by atoms with Crippen molar-refractivity contribution in [3.8, 4) is 17.1 Å². The highest BCUT2D eigenvalue weighted by Crippen LogP contribution is 2.30. The molecule has 144 valence electrons. The summed E-state index contributed by atoms with van der Waals surface area (Å²) in [5.41, 5.74) is 2.62. The minimum atomic E-state index is -0.211. The SMILES string of the molecule is [C-]#[N+]c1cc(-c2nc(C(C)(C)C)nc(C(C)(C)C)n2)cc(-n2ccc(C)n2)c1. The maximum absolute atomic E-state index is 7.49. The molecule has 0 saturated carbocycles. The van der Waals surface area contributed by atoms with E-state index in [9.17, 15) is 0 Å². The van der Waals surface area contributed by atoms with E-state index in [1.807, 2.05) is 37.4 Å². The largest absolute Gasteiger partial charge is 0.242 e. The van der Waals surface area contributed by atoms with Gasteiger partial charge in [0.1, 0.15) is 11.6 Å². The lowest BCUT2D eigenvalue weighted by Gasteiger charge is -2.23. The Morgan fingerprint density at radius 3 is 1.96 bits per heavy atom. The molecule has 2 heterocycles. The van der Waals surface area contributed by atoms with Gasteiger partial charge in [-0.15, -0.1) is 0 Å². The number of hydrogen-bond donors (Lipinski definition) is 0. The van der Waals surface area contributed by atoms with Crippen LogP contribution >= 0.6 is 0 Å². The van der Waals surface area contributed by atoms with Gasteiger partial charge in [-0.1, -0.05) is 41.5 Å². The van der Waals surface area contributed by atoms with Gasteiger partial charge >= 0.3 is 0 Å². The van der Waals surface area contributed by atoms with E-state index in [0.717, 1.165) is 28.6 Å². The second kappa shape index (κ2) is 6.83. The summed E-state index contributed by atoms with van der Waals surface area (Å²) >= 11 is 0. The van der Waals surface area contributed by atoms with Gasteiger partial charge in [0, 0.05) is 22.6 Å². The molecule has 0 fully saturated rings. The lowest BCUT2D eigenvalue weighted by atomic mass is 9.93. The quantitative estimate of drug-likeness (QED) is 0.580. The topological polar surface area (TPSA) is 60.9 Å². The minimum absolute atomic E-state index is 0.211. The van der Waals surface area contributed by atoms with E-state index < -0.39 is 0 Å². The van der Waals surface area contributed by atoms with Crippen molar-refractivity contribution in [1.82, 2.24) is 24.7 Å². The van der Waals surface area contributed by atoms with Gasteiger partial charge in [0.25, 0.3) is 0 Å². The van der Waals surface area contributed by atoms with Crippen LogP contribution in [0.15, 0.2) is 30.5 Å². The molecule has 2 aromatic heterocycles. The third-order valence-electron chi connectivity index (χ3n) is 4.25. The summed E-state index contributed by atoms with van der Waals surface area (Å²) in [7, 11) is 0. The Bertz CT molecular complexity index is 1030. The van der Waals surface area contributed by atoms with Crippen LogP contribution in [0.4, 0.5) is 5.69 Å². The molecule has 1 aromatic carbocycles. The summed E-state index contributed by atoms with van der Waals surface area (Å²) in [6.45, 7) is 22.0. The van der Waals surface area contributed by atoms with Gasteiger partial charge < -0.3 is 0 Å². The monoisotopic (exact) mass is 374 g/mol. The second-order valence-electron chi connectivity index (χ2n) is 9.06. The Balaban J connectivity index is 2.24. The molecule has 0 spiro atoms. The molecule has 28 heavy (non-hydrogen) atoms. The van der Waals surface area contributed by atoms with Gasteiger partial charge in [-0.2, -0.15) is 5.10 Å². The minimum Gasteiger partial charge on any atom is -0.242 e. The molecule has 0 saturated heterocycles. The molecular weight excluding hydrogens is 348 g/mol. The summed E-state index contributed by atoms with van der Waals surface area (Å²) in [5, 5.41) is 4.47. The van der Waals surface area contributed by atoms with Gasteiger partial charge in [-0.3, -0.25) is 0 Å². The summed E-state index contributed by atoms with van der Waals surface area (Å²) in [6, 6.07) is 7.54. The highest BCUT2D eigenvalue weighted by Gasteiger charge is 2.25. The van der Waals surface area contributed by atoms with Crippen molar-refractivity contribution in [3.05, 3.63) is 59.2 Å². The molecule has 0 aliphatic heterocycles. The predicted molar refractivity (Wildman–Crippen MR) is 111 cm³/mol. The van der Waals surface area contributed by atoms with Crippen molar-refractivity contribution < 1.29 is 0 Å². The van der Waals surface area contributed by atoms with E-state index in [1.54, 1.807) is 4.68 Å². The molecule has 6 nitrogen and oxygen atoms in total. The number of aromatic nitrogens is 5. The van der Waals surface area contributed by atoms with Crippen molar-refractivity contribution in [2.45, 2.75) is 59.3 Å². The fraction of sp³-hybridized carbons (Fsp3) is 0.409. The smallest absolute Gasteiger partial charge is 0.190 e. The molecule has 0 bridgehead atoms. The second-order valence-corrected chi connectivity index (χ2v) is 9.06. The van der Waals surface area contributed by atoms with E-state index in [-0.39, 0.29) is 10.8 Å². The third-order valence-corrected chi connectivity index (χ3v) is 4.25. The molecular formula is C22H26N6. The molecule has 0 aliphatic rings. The molecule has 3 rings (SSSR count). The number of hydrogen-bond acceptors (Lipinski definition) is 4. The van der Waals surface area contributed by atoms with Crippen LogP contribution in [0.1, 0.15) is 58.9 Å². The van der Waals surface area contributed by atoms with Crippen molar-refractivity contribution in [3.63, 3.8) is 0 Å². The van der Waals surface area contributed by atoms with Crippen LogP contribution in [-0.4, -0.2) is 24.7 Å². The predicted octanol–water partition coefficient (Wildman–Crippen LogP) is 5.18. The van der Waals surface area contributed by atoms with E-state index in [0.29, 0.717) is 11.5 Å². The van der Waals surface area contributed by atoms with Crippen LogP contribution in [0.2, 0.25) is 0 Å². The first kappa shape index (κ1) is 19.7. The van der Waals surface area contributed by atoms with Crippen LogP contribution in [0, 0.1) is 13.5 Å².